The second kappa shape index (κ2) is 10.5. The molecule has 0 aromatic heterocycles. The fraction of sp³-hybridized carbons (Fsp3) is 0.480. The normalized spacial score (nSPS) is 22.3. The number of hydrogen-bond acceptors (Lipinski definition) is 4. The second-order valence-corrected chi connectivity index (χ2v) is 9.61. The predicted octanol–water partition coefficient (Wildman–Crippen LogP) is 4.68. The minimum Gasteiger partial charge on any atom is -0.369 e. The van der Waals surface area contributed by atoms with Crippen molar-refractivity contribution < 1.29 is 22.8 Å². The van der Waals surface area contributed by atoms with Crippen molar-refractivity contribution in [1.82, 2.24) is 10.2 Å². The fourth-order valence-corrected chi connectivity index (χ4v) is 4.38. The quantitative estimate of drug-likeness (QED) is 0.492. The Labute approximate surface area is 203 Å². The first-order valence-electron chi connectivity index (χ1n) is 11.6. The third kappa shape index (κ3) is 6.86. The van der Waals surface area contributed by atoms with Crippen molar-refractivity contribution in [2.45, 2.75) is 51.7 Å². The van der Waals surface area contributed by atoms with Gasteiger partial charge in [-0.05, 0) is 61.8 Å². The number of hydrogen-bond donors (Lipinski definition) is 3. The largest absolute Gasteiger partial charge is 0.416 e. The van der Waals surface area contributed by atoms with Crippen molar-refractivity contribution in [1.29, 1.82) is 0 Å². The number of nitrogens with zero attached hydrogens (tertiary/aromatic N) is 2. The molecule has 0 fully saturated rings. The maximum Gasteiger partial charge on any atom is 0.416 e. The number of allylic oxidation sites excluding steroid dienone is 2. The number of guanidine groups is 1. The number of carbonyl (C=O) groups is 2. The molecule has 0 radical (unpaired) electrons. The zero-order chi connectivity index (χ0) is 25.8. The van der Waals surface area contributed by atoms with Gasteiger partial charge in [0.05, 0.1) is 5.56 Å². The topological polar surface area (TPSA) is 99.8 Å². The molecule has 190 valence electrons. The highest BCUT2D eigenvalue weighted by Gasteiger charge is 2.43. The number of nitrogens with two attached hydrogens (primary N) is 1. The smallest absolute Gasteiger partial charge is 0.369 e. The second-order valence-electron chi connectivity index (χ2n) is 9.61. The van der Waals surface area contributed by atoms with Crippen molar-refractivity contribution in [3.8, 4) is 0 Å². The third-order valence-electron chi connectivity index (χ3n) is 6.04. The van der Waals surface area contributed by atoms with Gasteiger partial charge in [0.1, 0.15) is 5.54 Å². The lowest BCUT2D eigenvalue weighted by molar-refractivity contribution is -0.137. The van der Waals surface area contributed by atoms with Gasteiger partial charge in [0.25, 0.3) is 5.91 Å². The van der Waals surface area contributed by atoms with Gasteiger partial charge in [-0.1, -0.05) is 38.1 Å². The number of urea groups is 1. The van der Waals surface area contributed by atoms with Gasteiger partial charge in [0.2, 0.25) is 0 Å². The Bertz CT molecular complexity index is 1050. The van der Waals surface area contributed by atoms with E-state index < -0.39 is 23.3 Å². The molecule has 0 saturated carbocycles. The molecule has 10 heteroatoms. The minimum atomic E-state index is -4.48. The molecule has 0 saturated heterocycles. The molecule has 0 spiro atoms. The molecule has 1 aliphatic heterocycles. The van der Waals surface area contributed by atoms with Gasteiger partial charge in [0.15, 0.2) is 5.96 Å². The summed E-state index contributed by atoms with van der Waals surface area (Å²) in [5.41, 5.74) is 5.37. The Hall–Kier alpha value is -3.30. The standard InChI is InChI=1S/C25H32F3N5O2/c1-16(2)14-24(3)21(34)33(22(29)32-24)12-11-17-7-9-18(10-8-17)15-30-23(35)31-20-6-4-5-19(13-20)25(26,27)28/h4-7,9-10,13,16-17H,8,11-12,14-15H2,1-3H3,(H2,29,32)(H2,30,31,35). The molecule has 0 bridgehead atoms. The molecule has 35 heavy (non-hydrogen) atoms. The van der Waals surface area contributed by atoms with Gasteiger partial charge in [-0.15, -0.1) is 0 Å². The number of aliphatic imine (C=N–C) groups is 1. The summed E-state index contributed by atoms with van der Waals surface area (Å²) < 4.78 is 38.4. The van der Waals surface area contributed by atoms with E-state index in [9.17, 15) is 22.8 Å². The lowest BCUT2D eigenvalue weighted by atomic mass is 9.90. The van der Waals surface area contributed by atoms with Crippen LogP contribution in [0.15, 0.2) is 53.1 Å². The van der Waals surface area contributed by atoms with E-state index in [0.717, 1.165) is 30.5 Å². The zero-order valence-corrected chi connectivity index (χ0v) is 20.2. The molecule has 1 aromatic rings. The SMILES string of the molecule is CC(C)CC1(C)N=C(N)N(CCC2C=CC(CNC(=O)Nc3cccc(C(F)(F)F)c3)=CC2)C1=O. The average molecular weight is 492 g/mol. The maximum atomic E-state index is 12.8. The molecule has 2 atom stereocenters. The number of benzene rings is 1. The van der Waals surface area contributed by atoms with E-state index in [4.69, 9.17) is 5.73 Å². The van der Waals surface area contributed by atoms with E-state index in [0.29, 0.717) is 18.9 Å². The van der Waals surface area contributed by atoms with E-state index in [2.05, 4.69) is 15.6 Å². The first-order valence-corrected chi connectivity index (χ1v) is 11.6. The Morgan fingerprint density at radius 3 is 2.71 bits per heavy atom. The Balaban J connectivity index is 1.43. The molecule has 1 aliphatic carbocycles. The van der Waals surface area contributed by atoms with Crippen LogP contribution in [0.5, 0.6) is 0 Å². The highest BCUT2D eigenvalue weighted by molar-refractivity contribution is 6.06. The van der Waals surface area contributed by atoms with E-state index in [-0.39, 0.29) is 30.0 Å². The van der Waals surface area contributed by atoms with Crippen LogP contribution in [0.3, 0.4) is 0 Å². The first-order chi connectivity index (χ1) is 16.4. The van der Waals surface area contributed by atoms with Crippen LogP contribution in [-0.4, -0.2) is 41.4 Å². The minimum absolute atomic E-state index is 0.0595. The summed E-state index contributed by atoms with van der Waals surface area (Å²) in [5.74, 6) is 0.752. The van der Waals surface area contributed by atoms with Crippen LogP contribution in [0, 0.1) is 11.8 Å². The van der Waals surface area contributed by atoms with E-state index in [1.807, 2.05) is 39.0 Å². The number of amides is 3. The van der Waals surface area contributed by atoms with Crippen molar-refractivity contribution >= 4 is 23.6 Å². The number of rotatable bonds is 8. The van der Waals surface area contributed by atoms with Crippen LogP contribution in [0.25, 0.3) is 0 Å². The molecular weight excluding hydrogens is 459 g/mol. The summed E-state index contributed by atoms with van der Waals surface area (Å²) in [4.78, 5) is 30.9. The fourth-order valence-electron chi connectivity index (χ4n) is 4.38. The van der Waals surface area contributed by atoms with Crippen LogP contribution < -0.4 is 16.4 Å². The molecule has 1 heterocycles. The third-order valence-corrected chi connectivity index (χ3v) is 6.04. The molecule has 3 amide bonds. The van der Waals surface area contributed by atoms with Crippen molar-refractivity contribution in [3.05, 3.63) is 53.6 Å². The van der Waals surface area contributed by atoms with Crippen LogP contribution in [0.1, 0.15) is 45.6 Å². The van der Waals surface area contributed by atoms with Gasteiger partial charge in [-0.3, -0.25) is 9.69 Å². The molecule has 3 rings (SSSR count). The lowest BCUT2D eigenvalue weighted by Gasteiger charge is -2.25. The number of nitrogens with one attached hydrogen (secondary N) is 2. The highest BCUT2D eigenvalue weighted by atomic mass is 19.4. The van der Waals surface area contributed by atoms with Crippen LogP contribution in [0.4, 0.5) is 23.7 Å². The Morgan fingerprint density at radius 1 is 1.34 bits per heavy atom. The first kappa shape index (κ1) is 26.3. The van der Waals surface area contributed by atoms with E-state index in [1.165, 1.54) is 12.1 Å². The summed E-state index contributed by atoms with van der Waals surface area (Å²) in [6, 6.07) is 3.88. The molecule has 2 aliphatic rings. The number of anilines is 1. The molecule has 2 unspecified atom stereocenters. The number of carbonyl (C=O) groups excluding carboxylic acids is 2. The summed E-state index contributed by atoms with van der Waals surface area (Å²) >= 11 is 0. The van der Waals surface area contributed by atoms with Crippen LogP contribution >= 0.6 is 0 Å². The van der Waals surface area contributed by atoms with Gasteiger partial charge in [0, 0.05) is 18.8 Å². The highest BCUT2D eigenvalue weighted by Crippen LogP contribution is 2.31. The molecule has 4 N–H and O–H groups in total. The maximum absolute atomic E-state index is 12.8. The summed E-state index contributed by atoms with van der Waals surface area (Å²) in [7, 11) is 0. The Kier molecular flexibility index (Phi) is 7.92. The van der Waals surface area contributed by atoms with Crippen LogP contribution in [0.2, 0.25) is 0 Å². The van der Waals surface area contributed by atoms with Crippen LogP contribution in [-0.2, 0) is 11.0 Å². The predicted molar refractivity (Wildman–Crippen MR) is 130 cm³/mol. The summed E-state index contributed by atoms with van der Waals surface area (Å²) in [6.07, 6.45) is 3.58. The monoisotopic (exact) mass is 491 g/mol. The zero-order valence-electron chi connectivity index (χ0n) is 20.2. The van der Waals surface area contributed by atoms with Crippen molar-refractivity contribution in [3.63, 3.8) is 0 Å². The number of alkyl halides is 3. The van der Waals surface area contributed by atoms with Gasteiger partial charge >= 0.3 is 12.2 Å². The summed E-state index contributed by atoms with van der Waals surface area (Å²) in [6.45, 7) is 6.65. The van der Waals surface area contributed by atoms with Gasteiger partial charge in [-0.25, -0.2) is 9.79 Å². The van der Waals surface area contributed by atoms with Crippen molar-refractivity contribution in [2.75, 3.05) is 18.4 Å². The van der Waals surface area contributed by atoms with Gasteiger partial charge in [-0.2, -0.15) is 13.2 Å². The molecule has 1 aromatic carbocycles. The van der Waals surface area contributed by atoms with Crippen molar-refractivity contribution in [2.24, 2.45) is 22.6 Å². The molecular formula is C25H32F3N5O2. The Morgan fingerprint density at radius 2 is 2.09 bits per heavy atom. The number of halogens is 3. The van der Waals surface area contributed by atoms with E-state index in [1.54, 1.807) is 4.90 Å². The average Bonchev–Trinajstić information content (AvgIpc) is 2.98. The lowest BCUT2D eigenvalue weighted by Crippen LogP contribution is -2.44. The summed E-state index contributed by atoms with van der Waals surface area (Å²) in [5, 5.41) is 5.07. The molecule has 7 nitrogen and oxygen atoms in total. The van der Waals surface area contributed by atoms with Gasteiger partial charge < -0.3 is 16.4 Å². The van der Waals surface area contributed by atoms with E-state index >= 15 is 0 Å².